The third-order valence-electron chi connectivity index (χ3n) is 14.2. The second-order valence-corrected chi connectivity index (χ2v) is 19.7. The van der Waals surface area contributed by atoms with Gasteiger partial charge in [0.15, 0.2) is 0 Å². The summed E-state index contributed by atoms with van der Waals surface area (Å²) in [6.07, 6.45) is 13.3. The van der Waals surface area contributed by atoms with E-state index in [-0.39, 0.29) is 49.4 Å². The molecule has 1 saturated heterocycles. The van der Waals surface area contributed by atoms with Crippen LogP contribution in [-0.2, 0) is 25.7 Å². The summed E-state index contributed by atoms with van der Waals surface area (Å²) < 4.78 is 27.5. The molecule has 10 nitrogen and oxygen atoms in total. The molecule has 9 rings (SSSR count). The smallest absolute Gasteiger partial charge is 0.239 e. The molecular weight excluding hydrogens is 849 g/mol. The van der Waals surface area contributed by atoms with Crippen molar-refractivity contribution in [2.45, 2.75) is 113 Å². The standard InChI is InChI=1S/C55H66N2O8S/c1-2-30-63-55-50(57(54(60)39-24-25-39)37-41-18-14-17-38-15-6-7-21-44(38)41)36-48(56-65-51-23-10-13-31-62-51)46-34-40(16-8-11-28-58)45(22-9-12-29-59)52(53(46)55)47-35-42(26-27-49(47)64-55)61-32-33-66-43-19-4-3-5-20-43/h2-7,14-15,17-21,26-27,34-35,39-40,45,50-53,58-59H,1,8-13,16,22-25,28-33,36-37H2/t40-,45+,50-,51?,52+,53+,55+/m0/s1. The third-order valence-corrected chi connectivity index (χ3v) is 15.2. The maximum Gasteiger partial charge on any atom is 0.239 e. The molecule has 0 bridgehead atoms. The molecule has 66 heavy (non-hydrogen) atoms. The number of thioether (sulfide) groups is 1. The van der Waals surface area contributed by atoms with Crippen LogP contribution in [0.25, 0.3) is 10.8 Å². The highest BCUT2D eigenvalue weighted by molar-refractivity contribution is 7.99. The second kappa shape index (κ2) is 22.0. The quantitative estimate of drug-likeness (QED) is 0.0344. The van der Waals surface area contributed by atoms with Gasteiger partial charge in [0.1, 0.15) is 17.5 Å². The fraction of sp³-hybridized carbons (Fsp3) is 0.491. The molecule has 1 amide bonds. The van der Waals surface area contributed by atoms with Gasteiger partial charge in [0.05, 0.1) is 31.5 Å². The van der Waals surface area contributed by atoms with E-state index in [0.29, 0.717) is 39.0 Å². The molecule has 7 atom stereocenters. The number of hydrogen-bond acceptors (Lipinski definition) is 10. The Morgan fingerprint density at radius 3 is 2.52 bits per heavy atom. The normalized spacial score (nSPS) is 26.2. The molecular formula is C55H66N2O8S. The molecule has 2 aliphatic heterocycles. The number of benzene rings is 4. The number of oxime groups is 1. The molecule has 2 saturated carbocycles. The summed E-state index contributed by atoms with van der Waals surface area (Å²) in [6, 6.07) is 30.7. The van der Waals surface area contributed by atoms with Crippen LogP contribution in [0.15, 0.2) is 125 Å². The lowest BCUT2D eigenvalue weighted by Gasteiger charge is -2.60. The van der Waals surface area contributed by atoms with Gasteiger partial charge in [0.2, 0.25) is 18.0 Å². The largest absolute Gasteiger partial charge is 0.493 e. The van der Waals surface area contributed by atoms with Crippen LogP contribution >= 0.6 is 11.8 Å². The highest BCUT2D eigenvalue weighted by atomic mass is 32.2. The van der Waals surface area contributed by atoms with Crippen molar-refractivity contribution in [3.63, 3.8) is 0 Å². The molecule has 5 aliphatic rings. The number of aliphatic hydroxyl groups is 2. The number of nitrogens with zero attached hydrogens (tertiary/aromatic N) is 2. The summed E-state index contributed by atoms with van der Waals surface area (Å²) in [6.45, 7) is 6.10. The molecule has 0 spiro atoms. The van der Waals surface area contributed by atoms with Crippen molar-refractivity contribution < 1.29 is 38.8 Å². The van der Waals surface area contributed by atoms with Gasteiger partial charge >= 0.3 is 0 Å². The van der Waals surface area contributed by atoms with Crippen LogP contribution in [0.3, 0.4) is 0 Å². The minimum Gasteiger partial charge on any atom is -0.493 e. The lowest BCUT2D eigenvalue weighted by atomic mass is 9.55. The first-order valence-corrected chi connectivity index (χ1v) is 25.4. The predicted molar refractivity (Wildman–Crippen MR) is 260 cm³/mol. The fourth-order valence-electron chi connectivity index (χ4n) is 11.0. The Morgan fingerprint density at radius 2 is 1.73 bits per heavy atom. The van der Waals surface area contributed by atoms with Crippen molar-refractivity contribution in [2.24, 2.45) is 28.8 Å². The average molecular weight is 915 g/mol. The predicted octanol–water partition coefficient (Wildman–Crippen LogP) is 10.6. The minimum absolute atomic E-state index is 0.0828. The molecule has 11 heteroatoms. The topological polar surface area (TPSA) is 119 Å². The van der Waals surface area contributed by atoms with Crippen molar-refractivity contribution in [2.75, 3.05) is 38.8 Å². The second-order valence-electron chi connectivity index (χ2n) is 18.6. The van der Waals surface area contributed by atoms with Gasteiger partial charge in [-0.25, -0.2) is 0 Å². The van der Waals surface area contributed by atoms with Crippen LogP contribution in [0.2, 0.25) is 0 Å². The van der Waals surface area contributed by atoms with E-state index in [9.17, 15) is 10.2 Å². The van der Waals surface area contributed by atoms with Crippen LogP contribution in [0, 0.1) is 23.7 Å². The minimum atomic E-state index is -1.34. The van der Waals surface area contributed by atoms with Gasteiger partial charge < -0.3 is 38.9 Å². The zero-order valence-corrected chi connectivity index (χ0v) is 39.0. The van der Waals surface area contributed by atoms with E-state index >= 15 is 4.79 Å². The molecule has 3 fully saturated rings. The first-order chi connectivity index (χ1) is 32.5. The average Bonchev–Trinajstić information content (AvgIpc) is 4.21. The molecule has 4 aromatic carbocycles. The molecule has 2 N–H and O–H groups in total. The SMILES string of the molecule is C=CCO[C@@]12Oc3ccc(OCCSc4ccccc4)cc3[C@H]3[C@H](CCCCO)[C@@H](CCCCO)C=C(C(=NOC4CCCCO4)C[C@@H]1N(Cc1cccc4ccccc14)C(=O)C1CC1)[C@H]32. The van der Waals surface area contributed by atoms with Gasteiger partial charge in [-0.3, -0.25) is 4.79 Å². The van der Waals surface area contributed by atoms with Crippen molar-refractivity contribution in [1.29, 1.82) is 0 Å². The Balaban J connectivity index is 1.20. The van der Waals surface area contributed by atoms with Gasteiger partial charge in [-0.05, 0) is 115 Å². The van der Waals surface area contributed by atoms with Gasteiger partial charge in [-0.1, -0.05) is 90.8 Å². The van der Waals surface area contributed by atoms with E-state index in [2.05, 4.69) is 90.4 Å². The molecule has 3 aliphatic carbocycles. The lowest BCUT2D eigenvalue weighted by molar-refractivity contribution is -0.258. The van der Waals surface area contributed by atoms with Crippen LogP contribution in [0.1, 0.15) is 94.1 Å². The van der Waals surface area contributed by atoms with Crippen molar-refractivity contribution in [3.8, 4) is 11.5 Å². The Kier molecular flexibility index (Phi) is 15.5. The van der Waals surface area contributed by atoms with E-state index in [1.165, 1.54) is 4.90 Å². The van der Waals surface area contributed by atoms with Crippen LogP contribution in [0.5, 0.6) is 11.5 Å². The van der Waals surface area contributed by atoms with Gasteiger partial charge in [0, 0.05) is 60.6 Å². The van der Waals surface area contributed by atoms with Crippen molar-refractivity contribution in [3.05, 3.63) is 126 Å². The van der Waals surface area contributed by atoms with Gasteiger partial charge in [0.25, 0.3) is 0 Å². The van der Waals surface area contributed by atoms with Crippen LogP contribution in [-0.4, -0.2) is 83.6 Å². The van der Waals surface area contributed by atoms with Crippen LogP contribution < -0.4 is 9.47 Å². The van der Waals surface area contributed by atoms with E-state index in [1.54, 1.807) is 17.8 Å². The van der Waals surface area contributed by atoms with E-state index in [0.717, 1.165) is 108 Å². The van der Waals surface area contributed by atoms with Gasteiger partial charge in [-0.2, -0.15) is 0 Å². The molecule has 1 unspecified atom stereocenters. The van der Waals surface area contributed by atoms with Crippen LogP contribution in [0.4, 0.5) is 0 Å². The van der Waals surface area contributed by atoms with E-state index in [4.69, 9.17) is 28.9 Å². The maximum atomic E-state index is 15.2. The number of carbonyl (C=O) groups is 1. The number of amides is 1. The first-order valence-electron chi connectivity index (χ1n) is 24.4. The number of ether oxygens (including phenoxy) is 4. The molecule has 350 valence electrons. The van der Waals surface area contributed by atoms with Crippen molar-refractivity contribution in [1.82, 2.24) is 4.90 Å². The summed E-state index contributed by atoms with van der Waals surface area (Å²) in [5.41, 5.74) is 3.90. The molecule has 0 radical (unpaired) electrons. The summed E-state index contributed by atoms with van der Waals surface area (Å²) in [5, 5.41) is 27.4. The molecule has 4 aromatic rings. The number of aliphatic hydroxyl groups excluding tert-OH is 2. The van der Waals surface area contributed by atoms with Crippen molar-refractivity contribution >= 4 is 34.2 Å². The fourth-order valence-corrected chi connectivity index (χ4v) is 11.8. The number of fused-ring (bicyclic) bond motifs is 3. The number of rotatable bonds is 22. The van der Waals surface area contributed by atoms with E-state index in [1.807, 2.05) is 18.2 Å². The number of allylic oxidation sites excluding steroid dienone is 1. The molecule has 2 heterocycles. The summed E-state index contributed by atoms with van der Waals surface area (Å²) in [4.78, 5) is 24.8. The summed E-state index contributed by atoms with van der Waals surface area (Å²) in [7, 11) is 0. The number of carbonyl (C=O) groups excluding carboxylic acids is 1. The molecule has 0 aromatic heterocycles. The third kappa shape index (κ3) is 10.3. The highest BCUT2D eigenvalue weighted by Crippen LogP contribution is 2.62. The zero-order valence-electron chi connectivity index (χ0n) is 38.1. The number of unbranched alkanes of at least 4 members (excludes halogenated alkanes) is 2. The first kappa shape index (κ1) is 46.5. The Hall–Kier alpha value is -4.65. The summed E-state index contributed by atoms with van der Waals surface area (Å²) in [5.74, 6) is 0.629. The Bertz CT molecular complexity index is 2320. The lowest BCUT2D eigenvalue weighted by Crippen LogP contribution is -2.70. The highest BCUT2D eigenvalue weighted by Gasteiger charge is 2.66. The van der Waals surface area contributed by atoms with Gasteiger partial charge in [-0.15, -0.1) is 18.3 Å². The Labute approximate surface area is 394 Å². The number of hydrogen-bond donors (Lipinski definition) is 2. The monoisotopic (exact) mass is 914 g/mol. The maximum absolute atomic E-state index is 15.2. The van der Waals surface area contributed by atoms with E-state index < -0.39 is 24.0 Å². The Morgan fingerprint density at radius 1 is 0.924 bits per heavy atom. The zero-order chi connectivity index (χ0) is 45.3. The summed E-state index contributed by atoms with van der Waals surface area (Å²) >= 11 is 1.77.